The van der Waals surface area contributed by atoms with Crippen LogP contribution in [0.1, 0.15) is 107 Å². The van der Waals surface area contributed by atoms with Gasteiger partial charge in [-0.05, 0) is 174 Å². The molecule has 3 aromatic heterocycles. The fourth-order valence-corrected chi connectivity index (χ4v) is 12.3. The Balaban J connectivity index is 0.000000251. The summed E-state index contributed by atoms with van der Waals surface area (Å²) in [5.74, 6) is -4.47. The number of halogens is 3. The lowest BCUT2D eigenvalue weighted by molar-refractivity contribution is -0.217. The highest BCUT2D eigenvalue weighted by Gasteiger charge is 2.19. The lowest BCUT2D eigenvalue weighted by Crippen LogP contribution is -2.30. The summed E-state index contributed by atoms with van der Waals surface area (Å²) < 4.78 is 24.9. The van der Waals surface area contributed by atoms with E-state index < -0.39 is 36.0 Å². The molecule has 14 aromatic rings. The van der Waals surface area contributed by atoms with E-state index in [9.17, 15) is 47.5 Å². The normalized spacial score (nSPS) is 10.9. The van der Waals surface area contributed by atoms with Gasteiger partial charge in [0.25, 0.3) is 0 Å². The number of aliphatic imine (C=N–C) groups is 1. The van der Waals surface area contributed by atoms with Crippen molar-refractivity contribution in [3.05, 3.63) is 362 Å². The van der Waals surface area contributed by atoms with Crippen molar-refractivity contribution < 1.29 is 83.6 Å². The van der Waals surface area contributed by atoms with E-state index in [1.165, 1.54) is 30.3 Å². The van der Waals surface area contributed by atoms with Crippen LogP contribution in [0.15, 0.2) is 300 Å². The first-order valence-electron chi connectivity index (χ1n) is 39.4. The van der Waals surface area contributed by atoms with Crippen LogP contribution < -0.4 is 61.0 Å². The summed E-state index contributed by atoms with van der Waals surface area (Å²) in [7, 11) is 0. The molecule has 21 N–H and O–H groups in total. The average Bonchev–Trinajstić information content (AvgIpc) is 0.842. The van der Waals surface area contributed by atoms with Crippen LogP contribution in [0.4, 0.5) is 50.7 Å². The van der Waals surface area contributed by atoms with Gasteiger partial charge in [0.1, 0.15) is 19.0 Å². The largest absolute Gasteiger partial charge is 0.478 e. The average molecular weight is 1950 g/mol. The van der Waals surface area contributed by atoms with E-state index in [1.807, 2.05) is 133 Å². The highest BCUT2D eigenvalue weighted by molar-refractivity contribution is 9.10. The maximum Gasteiger partial charge on any atom is 0.340 e. The number of ether oxygens (including phenoxy) is 2. The number of hydrogen-bond donors (Lipinski definition) is 15. The van der Waals surface area contributed by atoms with E-state index >= 15 is 0 Å². The molecule has 1 atom stereocenters. The molecule has 1 aliphatic rings. The molecule has 0 aliphatic carbocycles. The number of guanidine groups is 1. The molecule has 0 bridgehead atoms. The lowest BCUT2D eigenvalue weighted by Gasteiger charge is -2.18. The minimum Gasteiger partial charge on any atom is -0.478 e. The summed E-state index contributed by atoms with van der Waals surface area (Å²) in [6.07, 6.45) is 12.5. The SMILES string of the molecule is C.C=CC(=O)Nc1ccccc1C(=O)OCc1ccccc1.N=C(N)N.NC1N=Cc2cc(CCC(=O)Nc3ccccc3C(=O)O)ccc2N1.Nc1ncc2cc(/C=C/C(=O)Nc3ccccc3C(=O)OCc3ccccc3)ccc2n1.Nc1ncc2cc(Br)ccc2n1.Nc1ncc2cc(CCC(=O)Nc3ccccc3C(=O)O)ccc2n1.O=COO.O=Cc1cc(Br)ccc1F.[HH]. The van der Waals surface area contributed by atoms with Crippen molar-refractivity contribution in [3.63, 3.8) is 0 Å². The third-order valence-corrected chi connectivity index (χ3v) is 18.7. The molecule has 0 saturated heterocycles. The van der Waals surface area contributed by atoms with Crippen LogP contribution in [0.5, 0.6) is 0 Å². The molecule has 0 saturated carbocycles. The Bertz CT molecular complexity index is 6510. The molecule has 11 aromatic carbocycles. The molecule has 1 unspecified atom stereocenters. The number of aldehydes is 1. The molecule has 134 heavy (non-hydrogen) atoms. The smallest absolute Gasteiger partial charge is 0.340 e. The number of nitrogens with one attached hydrogen (secondary N) is 6. The van der Waals surface area contributed by atoms with Gasteiger partial charge in [0.2, 0.25) is 41.5 Å². The molecular formula is C96H92Br2FN19O16. The molecule has 15 rings (SSSR count). The van der Waals surface area contributed by atoms with Gasteiger partial charge in [0.05, 0.1) is 67.1 Å². The first-order valence-corrected chi connectivity index (χ1v) is 41.0. The third-order valence-electron chi connectivity index (χ3n) is 17.8. The van der Waals surface area contributed by atoms with Gasteiger partial charge in [0, 0.05) is 81.5 Å². The zero-order valence-corrected chi connectivity index (χ0v) is 73.4. The first-order chi connectivity index (χ1) is 64.0. The Kier molecular flexibility index (Phi) is 42.0. The number of carbonyl (C=O) groups excluding carboxylic acids is 8. The first kappa shape index (κ1) is 104. The minimum absolute atomic E-state index is 0. The second-order valence-corrected chi connectivity index (χ2v) is 29.2. The van der Waals surface area contributed by atoms with Crippen molar-refractivity contribution >= 4 is 189 Å². The van der Waals surface area contributed by atoms with Crippen molar-refractivity contribution in [2.75, 3.05) is 43.8 Å². The van der Waals surface area contributed by atoms with Crippen molar-refractivity contribution in [3.8, 4) is 0 Å². The molecule has 0 spiro atoms. The molecule has 0 fully saturated rings. The van der Waals surface area contributed by atoms with E-state index in [0.29, 0.717) is 57.9 Å². The van der Waals surface area contributed by atoms with Gasteiger partial charge < -0.3 is 79.8 Å². The lowest BCUT2D eigenvalue weighted by atomic mass is 10.0. The number of carboxylic acid groups (broad SMARTS) is 2. The van der Waals surface area contributed by atoms with Gasteiger partial charge in [-0.25, -0.2) is 58.7 Å². The molecule has 38 heteroatoms. The molecule has 688 valence electrons. The van der Waals surface area contributed by atoms with Crippen LogP contribution in [0.2, 0.25) is 0 Å². The topological polar surface area (TPSA) is 589 Å². The van der Waals surface area contributed by atoms with Gasteiger partial charge >= 0.3 is 30.3 Å². The van der Waals surface area contributed by atoms with Crippen LogP contribution in [0.25, 0.3) is 38.8 Å². The number of rotatable bonds is 23. The molecular weight excluding hydrogens is 1850 g/mol. The summed E-state index contributed by atoms with van der Waals surface area (Å²) in [4.78, 5) is 145. The van der Waals surface area contributed by atoms with E-state index in [2.05, 4.69) is 116 Å². The van der Waals surface area contributed by atoms with Gasteiger partial charge in [-0.2, -0.15) is 0 Å². The number of aromatic carboxylic acids is 2. The predicted octanol–water partition coefficient (Wildman–Crippen LogP) is 15.6. The predicted molar refractivity (Wildman–Crippen MR) is 521 cm³/mol. The number of nitrogen functional groups attached to an aromatic ring is 3. The molecule has 35 nitrogen and oxygen atoms in total. The van der Waals surface area contributed by atoms with Crippen LogP contribution in [-0.4, -0.2) is 124 Å². The number of benzene rings is 11. The van der Waals surface area contributed by atoms with Gasteiger partial charge in [0.15, 0.2) is 18.5 Å². The third kappa shape index (κ3) is 35.1. The van der Waals surface area contributed by atoms with Crippen molar-refractivity contribution in [1.82, 2.24) is 29.9 Å². The monoisotopic (exact) mass is 1940 g/mol. The number of aromatic nitrogens is 6. The number of para-hydroxylation sites is 4. The summed E-state index contributed by atoms with van der Waals surface area (Å²) >= 11 is 6.48. The number of hydrogen-bond acceptors (Lipinski definition) is 27. The van der Waals surface area contributed by atoms with E-state index in [0.717, 1.165) is 82.3 Å². The van der Waals surface area contributed by atoms with Crippen LogP contribution in [0, 0.1) is 11.2 Å². The number of nitrogens with zero attached hydrogens (tertiary/aromatic N) is 7. The van der Waals surface area contributed by atoms with Crippen molar-refractivity contribution in [1.29, 1.82) is 5.41 Å². The maximum atomic E-state index is 12.5. The Morgan fingerprint density at radius 3 is 1.36 bits per heavy atom. The second-order valence-electron chi connectivity index (χ2n) is 27.4. The van der Waals surface area contributed by atoms with E-state index in [1.54, 1.807) is 122 Å². The highest BCUT2D eigenvalue weighted by atomic mass is 79.9. The van der Waals surface area contributed by atoms with E-state index in [4.69, 9.17) is 58.1 Å². The van der Waals surface area contributed by atoms with Crippen LogP contribution >= 0.6 is 31.9 Å². The Hall–Kier alpha value is -17.2. The number of anilines is 8. The number of carbonyl (C=O) groups is 10. The quantitative estimate of drug-likeness (QED) is 0.00413. The number of fused-ring (bicyclic) bond motifs is 4. The highest BCUT2D eigenvalue weighted by Crippen LogP contribution is 2.26. The number of amides is 4. The second kappa shape index (κ2) is 54.2. The molecule has 4 amide bonds. The zero-order valence-electron chi connectivity index (χ0n) is 70.3. The van der Waals surface area contributed by atoms with Crippen LogP contribution in [-0.2, 0) is 64.4 Å². The number of nitrogens with two attached hydrogens (primary N) is 6. The number of carboxylic acids is 2. The van der Waals surface area contributed by atoms with Crippen molar-refractivity contribution in [2.45, 2.75) is 52.6 Å². The van der Waals surface area contributed by atoms with Crippen molar-refractivity contribution in [2.24, 2.45) is 22.2 Å². The summed E-state index contributed by atoms with van der Waals surface area (Å²) in [6, 6.07) is 71.7. The number of esters is 2. The number of aryl methyl sites for hydroxylation is 2. The van der Waals surface area contributed by atoms with Crippen LogP contribution in [0.3, 0.4) is 0 Å². The molecule has 4 heterocycles. The van der Waals surface area contributed by atoms with E-state index in [-0.39, 0.29) is 105 Å². The Morgan fingerprint density at radius 2 is 0.903 bits per heavy atom. The van der Waals surface area contributed by atoms with Gasteiger partial charge in [-0.15, -0.1) is 0 Å². The minimum atomic E-state index is -1.08. The Labute approximate surface area is 784 Å². The fraction of sp³-hybridized carbons (Fsp3) is 0.0833. The Morgan fingerprint density at radius 1 is 0.507 bits per heavy atom. The maximum absolute atomic E-state index is 12.5. The van der Waals surface area contributed by atoms with Gasteiger partial charge in [-0.1, -0.05) is 173 Å². The standard InChI is InChI=1S/C25H20N4O3.C18H18N4O3.C18H16N4O3.C17H15NO3.C8H6BrN3.C7H4BrFO.CH5N3.CH2O3.CH4.H2/c26-25-27-15-19-14-17(10-12-21(19)29-25)11-13-23(30)28-22-9-5-4-8-20(22)24(31)32-16-18-6-2-1-3-7-18;2*19-18-20-10-12-9-11(5-7-14(12)22-18)6-8-16(23)21-15-4-2-1-3-13(15)17(24)25;1-2-16(19)18-15-11-7-6-10-14(15)17(20)21-12-13-8-4-3-5-9-13;9-6-1-2-7-5(3-6)4-11-8(10)12-7;8-6-1-2-7(9)5(3-6)4-10;2-1(3)4;2-1-4-3;;/h1-15H,16H2,(H,28,30)(H2,26,27,29);1-5,7,9-10,18,22H,6,8,19H2,(H,21,23)(H,24,25);1-5,7,9-10H,6,8H2,(H,21,23)(H,24,25)(H2,19,20,22);2-11H,1,12H2,(H,18,19);1-4H,(H2,10,11,12);1-4H;(H5,2,3,4);1,3H;1H4;1H/b13-11+;;;;;;;;;. The molecule has 0 radical (unpaired) electrons. The summed E-state index contributed by atoms with van der Waals surface area (Å²) in [5.41, 5.74) is 42.1. The fourth-order valence-electron chi connectivity index (χ4n) is 11.6. The zero-order chi connectivity index (χ0) is 96.1. The van der Waals surface area contributed by atoms with Gasteiger partial charge in [-0.3, -0.25) is 44.9 Å². The molecule has 1 aliphatic heterocycles. The summed E-state index contributed by atoms with van der Waals surface area (Å²) in [6.45, 7) is 3.65. The summed E-state index contributed by atoms with van der Waals surface area (Å²) in [5, 5.41) is 47.7.